The summed E-state index contributed by atoms with van der Waals surface area (Å²) in [4.78, 5) is 0. The van der Waals surface area contributed by atoms with Crippen LogP contribution in [0.5, 0.6) is 0 Å². The van der Waals surface area contributed by atoms with E-state index in [0.717, 1.165) is 51.6 Å². The number of hydrogen-bond donors (Lipinski definition) is 6. The SMILES string of the molecule is CC[C@H]1[C@@H](O[C@@]2(C)CC[C@@H](C)CO2)C[C@H]2[C@@H]3CC=C4C[C@@H](O[C@@H]5OC(CO)[C@@H](OC6OC(C)C(O)C(O)C6O)[C@H](O)C5O)CC[C@]4(C)[C@H]3CC[C@@]21C. The molecule has 6 N–H and O–H groups in total. The normalized spacial score (nSPS) is 55.2. The van der Waals surface area contributed by atoms with E-state index in [9.17, 15) is 30.6 Å². The monoisotopic (exact) mass is 738 g/mol. The van der Waals surface area contributed by atoms with Crippen molar-refractivity contribution in [3.8, 4) is 0 Å². The molecule has 7 unspecified atom stereocenters. The van der Waals surface area contributed by atoms with Gasteiger partial charge < -0.3 is 59.1 Å². The van der Waals surface area contributed by atoms with Crippen LogP contribution in [0.4, 0.5) is 0 Å². The maximum atomic E-state index is 11.1. The highest BCUT2D eigenvalue weighted by Gasteiger charge is 2.62. The predicted molar refractivity (Wildman–Crippen MR) is 188 cm³/mol. The first kappa shape index (κ1) is 39.5. The van der Waals surface area contributed by atoms with Gasteiger partial charge in [0.05, 0.1) is 31.5 Å². The van der Waals surface area contributed by atoms with Gasteiger partial charge in [-0.25, -0.2) is 0 Å². The smallest absolute Gasteiger partial charge is 0.187 e. The van der Waals surface area contributed by atoms with E-state index >= 15 is 0 Å². The van der Waals surface area contributed by atoms with Gasteiger partial charge in [0, 0.05) is 6.42 Å². The maximum Gasteiger partial charge on any atom is 0.187 e. The Bertz CT molecular complexity index is 1270. The molecule has 4 aliphatic carbocycles. The van der Waals surface area contributed by atoms with Crippen LogP contribution in [-0.4, -0.2) is 123 Å². The van der Waals surface area contributed by atoms with Crippen LogP contribution in [0.3, 0.4) is 0 Å². The van der Waals surface area contributed by atoms with E-state index in [4.69, 9.17) is 28.4 Å². The first-order chi connectivity index (χ1) is 24.6. The average Bonchev–Trinajstić information content (AvgIpc) is 3.40. The van der Waals surface area contributed by atoms with Crippen molar-refractivity contribution >= 4 is 0 Å². The quantitative estimate of drug-likeness (QED) is 0.201. The Hall–Kier alpha value is -0.740. The summed E-state index contributed by atoms with van der Waals surface area (Å²) < 4.78 is 37.0. The molecular formula is C40H66O12. The Kier molecular flexibility index (Phi) is 11.4. The van der Waals surface area contributed by atoms with Gasteiger partial charge >= 0.3 is 0 Å². The van der Waals surface area contributed by atoms with Gasteiger partial charge in [-0.1, -0.05) is 45.8 Å². The summed E-state index contributed by atoms with van der Waals surface area (Å²) in [5.74, 6) is 2.40. The van der Waals surface area contributed by atoms with Crippen LogP contribution in [0.2, 0.25) is 0 Å². The van der Waals surface area contributed by atoms with Gasteiger partial charge in [0.1, 0.15) is 42.7 Å². The maximum absolute atomic E-state index is 11.1. The number of aliphatic hydroxyl groups is 6. The molecule has 6 fully saturated rings. The third-order valence-electron chi connectivity index (χ3n) is 15.1. The van der Waals surface area contributed by atoms with E-state index in [1.54, 1.807) is 0 Å². The Labute approximate surface area is 309 Å². The molecule has 0 aromatic heterocycles. The minimum atomic E-state index is -1.61. The first-order valence-corrected chi connectivity index (χ1v) is 20.3. The van der Waals surface area contributed by atoms with Crippen LogP contribution in [-0.2, 0) is 28.4 Å². The summed E-state index contributed by atoms with van der Waals surface area (Å²) in [6.07, 6.45) is -0.668. The van der Waals surface area contributed by atoms with E-state index in [0.29, 0.717) is 36.0 Å². The molecule has 3 heterocycles. The summed E-state index contributed by atoms with van der Waals surface area (Å²) in [7, 11) is 0. The predicted octanol–water partition coefficient (Wildman–Crippen LogP) is 3.17. The minimum absolute atomic E-state index is 0.0631. The highest BCUT2D eigenvalue weighted by Crippen LogP contribution is 2.67. The number of rotatable bonds is 8. The lowest BCUT2D eigenvalue weighted by Gasteiger charge is -2.58. The zero-order valence-electron chi connectivity index (χ0n) is 32.0. The Balaban J connectivity index is 0.998. The van der Waals surface area contributed by atoms with Gasteiger partial charge in [0.2, 0.25) is 0 Å². The van der Waals surface area contributed by atoms with Crippen molar-refractivity contribution in [1.29, 1.82) is 0 Å². The molecular weight excluding hydrogens is 672 g/mol. The minimum Gasteiger partial charge on any atom is -0.394 e. The molecule has 7 aliphatic rings. The topological polar surface area (TPSA) is 177 Å². The summed E-state index contributed by atoms with van der Waals surface area (Å²) >= 11 is 0. The molecule has 0 aromatic carbocycles. The van der Waals surface area contributed by atoms with Gasteiger partial charge in [-0.3, -0.25) is 0 Å². The molecule has 298 valence electrons. The molecule has 0 bridgehead atoms. The van der Waals surface area contributed by atoms with Crippen molar-refractivity contribution in [2.75, 3.05) is 13.2 Å². The van der Waals surface area contributed by atoms with Crippen LogP contribution in [0, 0.1) is 40.4 Å². The van der Waals surface area contributed by atoms with Crippen molar-refractivity contribution in [3.05, 3.63) is 11.6 Å². The van der Waals surface area contributed by atoms with Crippen molar-refractivity contribution in [3.63, 3.8) is 0 Å². The summed E-state index contributed by atoms with van der Waals surface area (Å²) in [6, 6.07) is 0. The lowest BCUT2D eigenvalue weighted by molar-refractivity contribution is -0.360. The van der Waals surface area contributed by atoms with E-state index in [1.165, 1.54) is 25.3 Å². The van der Waals surface area contributed by atoms with E-state index < -0.39 is 73.8 Å². The lowest BCUT2D eigenvalue weighted by Crippen LogP contribution is -2.64. The fraction of sp³-hybridized carbons (Fsp3) is 0.950. The van der Waals surface area contributed by atoms with Crippen LogP contribution in [0.1, 0.15) is 106 Å². The number of allylic oxidation sites excluding steroid dienone is 1. The zero-order valence-corrected chi connectivity index (χ0v) is 32.0. The van der Waals surface area contributed by atoms with E-state index in [1.807, 2.05) is 0 Å². The van der Waals surface area contributed by atoms with E-state index in [-0.39, 0.29) is 23.0 Å². The molecule has 0 radical (unpaired) electrons. The molecule has 0 aromatic rings. The fourth-order valence-electron chi connectivity index (χ4n) is 11.9. The van der Waals surface area contributed by atoms with Gasteiger partial charge in [-0.2, -0.15) is 0 Å². The number of ether oxygens (including phenoxy) is 6. The molecule has 12 heteroatoms. The summed E-state index contributed by atoms with van der Waals surface area (Å²) in [5, 5.41) is 63.2. The number of hydrogen-bond acceptors (Lipinski definition) is 12. The van der Waals surface area contributed by atoms with Crippen molar-refractivity contribution < 1.29 is 59.1 Å². The molecule has 20 atom stereocenters. The Morgan fingerprint density at radius 2 is 1.56 bits per heavy atom. The molecule has 3 saturated heterocycles. The first-order valence-electron chi connectivity index (χ1n) is 20.3. The van der Waals surface area contributed by atoms with Gasteiger partial charge in [0.25, 0.3) is 0 Å². The molecule has 52 heavy (non-hydrogen) atoms. The fourth-order valence-corrected chi connectivity index (χ4v) is 11.9. The lowest BCUT2D eigenvalue weighted by atomic mass is 9.47. The second kappa shape index (κ2) is 15.0. The molecule has 7 rings (SSSR count). The van der Waals surface area contributed by atoms with E-state index in [2.05, 4.69) is 40.7 Å². The Morgan fingerprint density at radius 1 is 0.827 bits per heavy atom. The molecule has 12 nitrogen and oxygen atoms in total. The van der Waals surface area contributed by atoms with Gasteiger partial charge in [-0.15, -0.1) is 0 Å². The summed E-state index contributed by atoms with van der Waals surface area (Å²) in [6.45, 7) is 13.5. The van der Waals surface area contributed by atoms with Crippen LogP contribution in [0.25, 0.3) is 0 Å². The van der Waals surface area contributed by atoms with Crippen LogP contribution in [0.15, 0.2) is 11.6 Å². The van der Waals surface area contributed by atoms with Gasteiger partial charge in [0.15, 0.2) is 18.4 Å². The number of fused-ring (bicyclic) bond motifs is 5. The standard InChI is InChI=1S/C40H66O12/c1-7-25-28(52-40(6)15-10-20(2)19-47-40)17-27-24-9-8-22-16-23(11-13-38(22,4)26(24)12-14-39(25,27)5)49-37-34(46)32(44)35(29(18-41)50-37)51-36-33(45)31(43)30(42)21(3)48-36/h8,20-21,23-37,41-46H,7,9-19H2,1-6H3/t20-,21?,23+,24-,25+,26+,27+,28+,29?,30?,31?,32-,33?,34?,35-,36?,37-,38+,39-,40+/m1/s1. The largest absolute Gasteiger partial charge is 0.394 e. The van der Waals surface area contributed by atoms with Crippen molar-refractivity contribution in [2.24, 2.45) is 40.4 Å². The molecule has 3 aliphatic heterocycles. The third-order valence-corrected chi connectivity index (χ3v) is 15.1. The van der Waals surface area contributed by atoms with Gasteiger partial charge in [-0.05, 0) is 106 Å². The highest BCUT2D eigenvalue weighted by atomic mass is 16.7. The number of aliphatic hydroxyl groups excluding tert-OH is 6. The average molecular weight is 739 g/mol. The van der Waals surface area contributed by atoms with Crippen molar-refractivity contribution in [2.45, 2.75) is 185 Å². The second-order valence-corrected chi connectivity index (χ2v) is 18.3. The molecule has 0 amide bonds. The Morgan fingerprint density at radius 3 is 2.25 bits per heavy atom. The zero-order chi connectivity index (χ0) is 37.3. The second-order valence-electron chi connectivity index (χ2n) is 18.3. The van der Waals surface area contributed by atoms with Crippen molar-refractivity contribution in [1.82, 2.24) is 0 Å². The molecule has 3 saturated carbocycles. The van der Waals surface area contributed by atoms with Crippen LogP contribution < -0.4 is 0 Å². The third kappa shape index (κ3) is 6.87. The van der Waals surface area contributed by atoms with Crippen LogP contribution >= 0.6 is 0 Å². The summed E-state index contributed by atoms with van der Waals surface area (Å²) in [5.41, 5.74) is 1.72. The molecule has 0 spiro atoms. The highest BCUT2D eigenvalue weighted by molar-refractivity contribution is 5.26.